The molecule has 3 N–H and O–H groups in total. The monoisotopic (exact) mass is 470 g/mol. The number of aryl methyl sites for hydroxylation is 1. The third-order valence-corrected chi connectivity index (χ3v) is 6.26. The summed E-state index contributed by atoms with van der Waals surface area (Å²) in [5, 5.41) is 16.3. The van der Waals surface area contributed by atoms with Gasteiger partial charge in [0.15, 0.2) is 0 Å². The highest BCUT2D eigenvalue weighted by Crippen LogP contribution is 2.24. The first kappa shape index (κ1) is 27.1. The van der Waals surface area contributed by atoms with Gasteiger partial charge in [0.25, 0.3) is 0 Å². The van der Waals surface area contributed by atoms with Crippen molar-refractivity contribution < 1.29 is 19.5 Å². The molecule has 2 amide bonds. The molecule has 0 saturated carbocycles. The number of likely N-dealkylation sites (N-methyl/N-ethyl adjacent to an activating group) is 2. The number of hydrogen-bond donors (Lipinski definition) is 3. The van der Waals surface area contributed by atoms with E-state index in [2.05, 4.69) is 10.6 Å². The summed E-state index contributed by atoms with van der Waals surface area (Å²) in [7, 11) is 5.33. The van der Waals surface area contributed by atoms with E-state index in [9.17, 15) is 14.4 Å². The second-order valence-corrected chi connectivity index (χ2v) is 9.98. The number of para-hydroxylation sites is 1. The number of aromatic nitrogens is 1. The van der Waals surface area contributed by atoms with Gasteiger partial charge in [0, 0.05) is 42.8 Å². The summed E-state index contributed by atoms with van der Waals surface area (Å²) in [4.78, 5) is 39.3. The average Bonchev–Trinajstić information content (AvgIpc) is 3.09. The molecule has 0 aliphatic heterocycles. The lowest BCUT2D eigenvalue weighted by molar-refractivity contribution is -0.139. The lowest BCUT2D eigenvalue weighted by Gasteiger charge is -2.36. The molecule has 0 aliphatic rings. The van der Waals surface area contributed by atoms with E-state index in [-0.39, 0.29) is 17.4 Å². The molecule has 1 aromatic carbocycles. The third kappa shape index (κ3) is 6.26. The normalized spacial score (nSPS) is 15.0. The Labute approximate surface area is 202 Å². The summed E-state index contributed by atoms with van der Waals surface area (Å²) in [6.45, 7) is 8.93. The van der Waals surface area contributed by atoms with Crippen molar-refractivity contribution in [2.24, 2.45) is 12.5 Å². The van der Waals surface area contributed by atoms with Gasteiger partial charge in [-0.05, 0) is 44.4 Å². The number of nitrogens with zero attached hydrogens (tertiary/aromatic N) is 2. The number of carboxylic acid groups (broad SMARTS) is 1. The fraction of sp³-hybridized carbons (Fsp3) is 0.500. The van der Waals surface area contributed by atoms with Crippen molar-refractivity contribution in [3.63, 3.8) is 0 Å². The fourth-order valence-electron chi connectivity index (χ4n) is 3.97. The molecule has 1 unspecified atom stereocenters. The number of carbonyl (C=O) groups excluding carboxylic acids is 2. The Balaban J connectivity index is 2.24. The molecule has 8 heteroatoms. The summed E-state index contributed by atoms with van der Waals surface area (Å²) in [5.74, 6) is -1.57. The van der Waals surface area contributed by atoms with Crippen LogP contribution in [0.3, 0.4) is 0 Å². The molecule has 0 spiro atoms. The molecule has 186 valence electrons. The van der Waals surface area contributed by atoms with E-state index >= 15 is 0 Å². The maximum Gasteiger partial charge on any atom is 0.331 e. The highest BCUT2D eigenvalue weighted by atomic mass is 16.4. The Morgan fingerprint density at radius 3 is 2.38 bits per heavy atom. The highest BCUT2D eigenvalue weighted by molar-refractivity contribution is 5.92. The first-order valence-corrected chi connectivity index (χ1v) is 11.5. The zero-order chi connectivity index (χ0) is 25.8. The lowest BCUT2D eigenvalue weighted by atomic mass is 9.85. The first-order valence-electron chi connectivity index (χ1n) is 11.5. The molecule has 1 aromatic heterocycles. The van der Waals surface area contributed by atoms with Crippen LogP contribution in [-0.4, -0.2) is 64.6 Å². The molecule has 0 fully saturated rings. The van der Waals surface area contributed by atoms with Crippen molar-refractivity contribution in [3.8, 4) is 0 Å². The van der Waals surface area contributed by atoms with Crippen LogP contribution in [0.25, 0.3) is 10.9 Å². The largest absolute Gasteiger partial charge is 0.478 e. The van der Waals surface area contributed by atoms with Crippen LogP contribution in [0.2, 0.25) is 0 Å². The number of amides is 2. The molecule has 3 atom stereocenters. The van der Waals surface area contributed by atoms with Gasteiger partial charge in [-0.25, -0.2) is 4.79 Å². The zero-order valence-electron chi connectivity index (χ0n) is 21.5. The minimum Gasteiger partial charge on any atom is -0.478 e. The van der Waals surface area contributed by atoms with Gasteiger partial charge < -0.3 is 25.2 Å². The van der Waals surface area contributed by atoms with Gasteiger partial charge in [0.2, 0.25) is 11.8 Å². The van der Waals surface area contributed by atoms with E-state index in [1.54, 1.807) is 21.0 Å². The van der Waals surface area contributed by atoms with E-state index in [0.717, 1.165) is 16.5 Å². The van der Waals surface area contributed by atoms with Crippen molar-refractivity contribution >= 4 is 28.7 Å². The Hall–Kier alpha value is -3.13. The molecule has 34 heavy (non-hydrogen) atoms. The third-order valence-electron chi connectivity index (χ3n) is 6.26. The van der Waals surface area contributed by atoms with Crippen LogP contribution in [-0.2, 0) is 27.9 Å². The minimum atomic E-state index is -1.03. The standard InChI is InChI=1S/C26H38N4O4/c1-16(25(33)34)13-17(2)30(8)24(32)22(26(3,4)5)28-23(31)20(27-6)14-18-15-29(7)21-12-10-9-11-19(18)21/h9-13,15,17,20,22,27H,14H2,1-8H3,(H,28,31)(H,33,34)/t17?,20-,22+/m0/s1. The van der Waals surface area contributed by atoms with Crippen LogP contribution in [0.5, 0.6) is 0 Å². The quantitative estimate of drug-likeness (QED) is 0.489. The summed E-state index contributed by atoms with van der Waals surface area (Å²) in [6, 6.07) is 6.29. The van der Waals surface area contributed by atoms with Gasteiger partial charge >= 0.3 is 5.97 Å². The maximum absolute atomic E-state index is 13.4. The molecule has 8 nitrogen and oxygen atoms in total. The first-order chi connectivity index (χ1) is 15.8. The predicted molar refractivity (Wildman–Crippen MR) is 134 cm³/mol. The van der Waals surface area contributed by atoms with Gasteiger partial charge in [-0.15, -0.1) is 0 Å². The van der Waals surface area contributed by atoms with Crippen molar-refractivity contribution in [1.82, 2.24) is 20.1 Å². The van der Waals surface area contributed by atoms with Crippen molar-refractivity contribution in [1.29, 1.82) is 0 Å². The maximum atomic E-state index is 13.4. The smallest absolute Gasteiger partial charge is 0.331 e. The van der Waals surface area contributed by atoms with Crippen LogP contribution in [0.4, 0.5) is 0 Å². The van der Waals surface area contributed by atoms with E-state index in [4.69, 9.17) is 5.11 Å². The van der Waals surface area contributed by atoms with Gasteiger partial charge in [-0.2, -0.15) is 0 Å². The highest BCUT2D eigenvalue weighted by Gasteiger charge is 2.37. The van der Waals surface area contributed by atoms with Crippen molar-refractivity contribution in [2.45, 2.75) is 59.2 Å². The molecule has 2 aromatic rings. The number of nitrogens with one attached hydrogen (secondary N) is 2. The molecule has 0 aliphatic carbocycles. The molecular weight excluding hydrogens is 432 g/mol. The predicted octanol–water partition coefficient (Wildman–Crippen LogP) is 2.72. The molecule has 2 rings (SSSR count). The number of fused-ring (bicyclic) bond motifs is 1. The lowest BCUT2D eigenvalue weighted by Crippen LogP contribution is -2.58. The number of hydrogen-bond acceptors (Lipinski definition) is 4. The number of carbonyl (C=O) groups is 3. The number of benzene rings is 1. The molecular formula is C26H38N4O4. The molecule has 1 heterocycles. The molecule has 0 saturated heterocycles. The van der Waals surface area contributed by atoms with Crippen molar-refractivity contribution in [3.05, 3.63) is 47.7 Å². The van der Waals surface area contributed by atoms with Crippen LogP contribution in [0.1, 0.15) is 40.2 Å². The fourth-order valence-corrected chi connectivity index (χ4v) is 3.97. The van der Waals surface area contributed by atoms with Crippen LogP contribution in [0.15, 0.2) is 42.1 Å². The Morgan fingerprint density at radius 2 is 1.82 bits per heavy atom. The topological polar surface area (TPSA) is 104 Å². The van der Waals surface area contributed by atoms with Gasteiger partial charge in [0.05, 0.1) is 6.04 Å². The number of carboxylic acids is 1. The second kappa shape index (κ2) is 10.9. The number of rotatable bonds is 9. The van der Waals surface area contributed by atoms with E-state index in [0.29, 0.717) is 6.42 Å². The van der Waals surface area contributed by atoms with Crippen LogP contribution in [0, 0.1) is 5.41 Å². The van der Waals surface area contributed by atoms with E-state index in [1.165, 1.54) is 17.9 Å². The summed E-state index contributed by atoms with van der Waals surface area (Å²) in [6.07, 6.45) is 4.03. The summed E-state index contributed by atoms with van der Waals surface area (Å²) < 4.78 is 2.04. The Morgan fingerprint density at radius 1 is 1.21 bits per heavy atom. The Bertz CT molecular complexity index is 1080. The Kier molecular flexibility index (Phi) is 8.66. The molecule has 0 bridgehead atoms. The number of aliphatic carboxylic acids is 1. The summed E-state index contributed by atoms with van der Waals surface area (Å²) in [5.41, 5.74) is 1.75. The second-order valence-electron chi connectivity index (χ2n) is 9.98. The zero-order valence-corrected chi connectivity index (χ0v) is 21.5. The van der Waals surface area contributed by atoms with Crippen LogP contribution >= 0.6 is 0 Å². The average molecular weight is 471 g/mol. The minimum absolute atomic E-state index is 0.161. The van der Waals surface area contributed by atoms with Crippen molar-refractivity contribution in [2.75, 3.05) is 14.1 Å². The summed E-state index contributed by atoms with van der Waals surface area (Å²) >= 11 is 0. The van der Waals surface area contributed by atoms with Crippen LogP contribution < -0.4 is 10.6 Å². The van der Waals surface area contributed by atoms with E-state index in [1.807, 2.05) is 62.8 Å². The van der Waals surface area contributed by atoms with Gasteiger partial charge in [-0.3, -0.25) is 9.59 Å². The van der Waals surface area contributed by atoms with Gasteiger partial charge in [-0.1, -0.05) is 45.0 Å². The van der Waals surface area contributed by atoms with Gasteiger partial charge in [0.1, 0.15) is 6.04 Å². The SMILES string of the molecule is CN[C@@H](Cc1cn(C)c2ccccc12)C(=O)N[C@H](C(=O)N(C)C(C)C=C(C)C(=O)O)C(C)(C)C. The van der Waals surface area contributed by atoms with E-state index < -0.39 is 29.5 Å². The molecule has 0 radical (unpaired) electrons.